The highest BCUT2D eigenvalue weighted by Gasteiger charge is 2.67. The highest BCUT2D eigenvalue weighted by Crippen LogP contribution is 2.67. The van der Waals surface area contributed by atoms with Crippen LogP contribution in [0.3, 0.4) is 0 Å². The van der Waals surface area contributed by atoms with Gasteiger partial charge in [0.1, 0.15) is 6.04 Å². The summed E-state index contributed by atoms with van der Waals surface area (Å²) in [6, 6.07) is 0.807. The van der Waals surface area contributed by atoms with Crippen LogP contribution in [0, 0.1) is 34.5 Å². The number of fused-ring (bicyclic) bond motifs is 5. The number of ether oxygens (including phenoxy) is 1. The molecule has 0 aromatic rings. The number of aliphatic hydroxyl groups excluding tert-OH is 1. The zero-order chi connectivity index (χ0) is 28.1. The lowest BCUT2D eigenvalue weighted by Crippen LogP contribution is -3.00. The Labute approximate surface area is 261 Å². The van der Waals surface area contributed by atoms with E-state index >= 15 is 0 Å². The van der Waals surface area contributed by atoms with Gasteiger partial charge in [0.25, 0.3) is 0 Å². The first kappa shape index (κ1) is 32.2. The molecule has 0 radical (unpaired) electrons. The summed E-state index contributed by atoms with van der Waals surface area (Å²) in [6.07, 6.45) is 19.2. The lowest BCUT2D eigenvalue weighted by Gasteiger charge is -2.62. The van der Waals surface area contributed by atoms with E-state index in [1.54, 1.807) is 0 Å². The molecule has 0 aromatic heterocycles. The maximum atomic E-state index is 13.1. The summed E-state index contributed by atoms with van der Waals surface area (Å²) in [4.78, 5) is 15.8. The second-order valence-electron chi connectivity index (χ2n) is 16.2. The monoisotopic (exact) mass is 636 g/mol. The van der Waals surface area contributed by atoms with Gasteiger partial charge in [-0.3, -0.25) is 9.69 Å². The number of esters is 1. The third-order valence-corrected chi connectivity index (χ3v) is 14.1. The summed E-state index contributed by atoms with van der Waals surface area (Å²) in [5.41, 5.74) is 0.436. The number of carbonyl (C=O) groups is 1. The first-order valence-electron chi connectivity index (χ1n) is 17.7. The number of carbonyl (C=O) groups excluding carboxylic acids is 1. The highest BCUT2D eigenvalue weighted by atomic mass is 79.9. The molecule has 2 aliphatic heterocycles. The molecule has 0 spiro atoms. The van der Waals surface area contributed by atoms with Crippen LogP contribution < -0.4 is 17.0 Å². The van der Waals surface area contributed by atoms with Gasteiger partial charge in [-0.1, -0.05) is 27.2 Å². The number of hydrogen-bond acceptors (Lipinski definition) is 4. The Hall–Kier alpha value is -0.170. The first-order chi connectivity index (χ1) is 19.2. The molecule has 0 unspecified atom stereocenters. The Bertz CT molecular complexity index is 902. The van der Waals surface area contributed by atoms with E-state index < -0.39 is 0 Å². The minimum absolute atomic E-state index is 0. The first-order valence-corrected chi connectivity index (χ1v) is 17.7. The van der Waals surface area contributed by atoms with E-state index in [9.17, 15) is 9.90 Å². The van der Waals surface area contributed by atoms with E-state index in [1.165, 1.54) is 110 Å². The van der Waals surface area contributed by atoms with E-state index in [4.69, 9.17) is 4.74 Å². The molecule has 2 saturated heterocycles. The molecular formula is C35H61BrN2O3. The Morgan fingerprint density at radius 1 is 0.927 bits per heavy atom. The van der Waals surface area contributed by atoms with E-state index in [2.05, 4.69) is 32.7 Å². The van der Waals surface area contributed by atoms with E-state index in [0.29, 0.717) is 35.8 Å². The molecule has 4 saturated carbocycles. The largest absolute Gasteiger partial charge is 1.00 e. The predicted molar refractivity (Wildman–Crippen MR) is 161 cm³/mol. The lowest BCUT2D eigenvalue weighted by atomic mass is 9.44. The number of halogens is 1. The zero-order valence-corrected chi connectivity index (χ0v) is 28.4. The normalized spacial score (nSPS) is 46.3. The van der Waals surface area contributed by atoms with E-state index in [1.807, 2.05) is 0 Å². The number of nitrogens with zero attached hydrogens (tertiary/aromatic N) is 2. The second kappa shape index (κ2) is 12.7. The summed E-state index contributed by atoms with van der Waals surface area (Å²) in [5.74, 6) is 2.87. The maximum Gasteiger partial charge on any atom is 0.306 e. The van der Waals surface area contributed by atoms with Crippen LogP contribution in [-0.2, 0) is 9.53 Å². The fourth-order valence-corrected chi connectivity index (χ4v) is 11.8. The number of hydrogen-bond donors (Lipinski definition) is 1. The summed E-state index contributed by atoms with van der Waals surface area (Å²) in [7, 11) is 2.51. The van der Waals surface area contributed by atoms with Crippen molar-refractivity contribution in [2.45, 2.75) is 148 Å². The number of quaternary nitrogens is 1. The molecule has 10 atom stereocenters. The average Bonchev–Trinajstić information content (AvgIpc) is 3.07. The fourth-order valence-electron chi connectivity index (χ4n) is 11.8. The molecule has 5 nitrogen and oxygen atoms in total. The highest BCUT2D eigenvalue weighted by molar-refractivity contribution is 5.69. The minimum atomic E-state index is -0.146. The van der Waals surface area contributed by atoms with Crippen LogP contribution in [0.4, 0.5) is 0 Å². The molecule has 2 heterocycles. The van der Waals surface area contributed by atoms with Crippen LogP contribution in [0.5, 0.6) is 0 Å². The Kier molecular flexibility index (Phi) is 9.96. The van der Waals surface area contributed by atoms with Gasteiger partial charge in [-0.15, -0.1) is 0 Å². The SMILES string of the molecule is CCCC(=O)O[C@H]1[C@@H]([N+]2(C)CCCCCC2)C[C@H]2[C@@H]3CC[C@H]4C[C@H](O)[C@@H](N5CCCCC5)C[C@]4(C)[C@H]3CC[C@@]21C.[Br-]. The van der Waals surface area contributed by atoms with Crippen molar-refractivity contribution in [3.63, 3.8) is 0 Å². The van der Waals surface area contributed by atoms with Gasteiger partial charge in [0.2, 0.25) is 0 Å². The van der Waals surface area contributed by atoms with Crippen molar-refractivity contribution in [3.05, 3.63) is 0 Å². The summed E-state index contributed by atoms with van der Waals surface area (Å²) in [5, 5.41) is 11.4. The van der Waals surface area contributed by atoms with Crippen LogP contribution >= 0.6 is 0 Å². The summed E-state index contributed by atoms with van der Waals surface area (Å²) >= 11 is 0. The lowest BCUT2D eigenvalue weighted by molar-refractivity contribution is -0.935. The number of piperidine rings is 1. The van der Waals surface area contributed by atoms with E-state index in [0.717, 1.165) is 29.2 Å². The van der Waals surface area contributed by atoms with Gasteiger partial charge in [0, 0.05) is 24.3 Å². The number of likely N-dealkylation sites (N-methyl/N-ethyl adjacent to an activating group) is 1. The molecule has 6 fully saturated rings. The molecule has 1 N–H and O–H groups in total. The van der Waals surface area contributed by atoms with Gasteiger partial charge in [-0.2, -0.15) is 0 Å². The quantitative estimate of drug-likeness (QED) is 0.370. The molecule has 0 bridgehead atoms. The van der Waals surface area contributed by atoms with Crippen molar-refractivity contribution in [2.75, 3.05) is 33.2 Å². The van der Waals surface area contributed by atoms with E-state index in [-0.39, 0.29) is 40.6 Å². The van der Waals surface area contributed by atoms with Crippen molar-refractivity contribution in [2.24, 2.45) is 34.5 Å². The molecule has 0 amide bonds. The maximum absolute atomic E-state index is 13.1. The standard InChI is InChI=1S/C35H61N2O3.BrH/c1-5-13-32(39)40-33-30(37(4)20-11-6-7-12-21-37)23-28-26-15-14-25-22-31(38)29(36-18-9-8-10-19-36)24-35(25,3)27(26)16-17-34(28,33)2;/h25-31,33,38H,5-24H2,1-4H3;1H/q+1;/p-1/t25-,26+,27-,28-,29-,30-,31-,33-,34-,35-;/m0./s1. The molecule has 4 aliphatic carbocycles. The second-order valence-corrected chi connectivity index (χ2v) is 16.2. The number of aliphatic hydroxyl groups is 1. The predicted octanol–water partition coefficient (Wildman–Crippen LogP) is 3.57. The van der Waals surface area contributed by atoms with Crippen molar-refractivity contribution in [1.82, 2.24) is 4.90 Å². The number of rotatable bonds is 5. The van der Waals surface area contributed by atoms with Gasteiger partial charge >= 0.3 is 5.97 Å². The Balaban J connectivity index is 0.00000337. The van der Waals surface area contributed by atoms with Crippen LogP contribution in [0.2, 0.25) is 0 Å². The van der Waals surface area contributed by atoms with Crippen molar-refractivity contribution >= 4 is 5.97 Å². The molecular weight excluding hydrogens is 576 g/mol. The van der Waals surface area contributed by atoms with Crippen LogP contribution in [0.25, 0.3) is 0 Å². The fraction of sp³-hybridized carbons (Fsp3) is 0.971. The Morgan fingerprint density at radius 3 is 2.29 bits per heavy atom. The van der Waals surface area contributed by atoms with Crippen LogP contribution in [0.15, 0.2) is 0 Å². The van der Waals surface area contributed by atoms with Gasteiger partial charge in [-0.05, 0) is 126 Å². The molecule has 41 heavy (non-hydrogen) atoms. The van der Waals surface area contributed by atoms with Gasteiger partial charge < -0.3 is 31.3 Å². The third kappa shape index (κ3) is 5.72. The van der Waals surface area contributed by atoms with Crippen LogP contribution in [0.1, 0.15) is 124 Å². The molecule has 236 valence electrons. The number of likely N-dealkylation sites (tertiary alicyclic amines) is 2. The molecule has 6 rings (SSSR count). The molecule has 6 aliphatic rings. The molecule has 6 heteroatoms. The van der Waals surface area contributed by atoms with Crippen molar-refractivity contribution in [3.8, 4) is 0 Å². The van der Waals surface area contributed by atoms with Crippen molar-refractivity contribution in [1.29, 1.82) is 0 Å². The van der Waals surface area contributed by atoms with Gasteiger partial charge in [-0.25, -0.2) is 0 Å². The minimum Gasteiger partial charge on any atom is -1.00 e. The Morgan fingerprint density at radius 2 is 1.61 bits per heavy atom. The van der Waals surface area contributed by atoms with Crippen molar-refractivity contribution < 1.29 is 36.1 Å². The van der Waals surface area contributed by atoms with Crippen LogP contribution in [-0.4, -0.2) is 78.0 Å². The average molecular weight is 638 g/mol. The summed E-state index contributed by atoms with van der Waals surface area (Å²) < 4.78 is 7.75. The topological polar surface area (TPSA) is 49.8 Å². The smallest absolute Gasteiger partial charge is 0.306 e. The zero-order valence-electron chi connectivity index (χ0n) is 26.8. The van der Waals surface area contributed by atoms with Gasteiger partial charge in [0.05, 0.1) is 26.2 Å². The third-order valence-electron chi connectivity index (χ3n) is 14.1. The summed E-state index contributed by atoms with van der Waals surface area (Å²) in [6.45, 7) is 12.1. The van der Waals surface area contributed by atoms with Gasteiger partial charge in [0.15, 0.2) is 6.10 Å². The molecule has 0 aromatic carbocycles.